The van der Waals surface area contributed by atoms with Crippen LogP contribution in [0.15, 0.2) is 72.8 Å². The molecule has 0 unspecified atom stereocenters. The molecule has 0 aliphatic carbocycles. The number of hydrogen-bond acceptors (Lipinski definition) is 6. The second-order valence-electron chi connectivity index (χ2n) is 7.88. The van der Waals surface area contributed by atoms with Crippen molar-refractivity contribution in [3.8, 4) is 17.2 Å². The number of para-hydroxylation sites is 3. The third-order valence-corrected chi connectivity index (χ3v) is 8.15. The number of sulfone groups is 1. The van der Waals surface area contributed by atoms with Crippen LogP contribution in [0.2, 0.25) is 0 Å². The molecule has 33 heavy (non-hydrogen) atoms. The number of phosphoric acid groups is 1. The molecule has 0 spiro atoms. The fraction of sp³-hybridized carbons (Fsp3) is 0.280. The predicted octanol–water partition coefficient (Wildman–Crippen LogP) is 6.45. The van der Waals surface area contributed by atoms with Gasteiger partial charge in [0, 0.05) is 0 Å². The molecule has 0 atom stereocenters. The van der Waals surface area contributed by atoms with Gasteiger partial charge in [0.05, 0.1) is 11.5 Å². The van der Waals surface area contributed by atoms with Gasteiger partial charge in [0.1, 0.15) is 27.1 Å². The van der Waals surface area contributed by atoms with Crippen LogP contribution in [0.1, 0.15) is 29.5 Å². The van der Waals surface area contributed by atoms with Crippen LogP contribution < -0.4 is 13.6 Å². The van der Waals surface area contributed by atoms with E-state index in [9.17, 15) is 13.0 Å². The normalized spacial score (nSPS) is 14.6. The molecule has 0 bridgehead atoms. The molecule has 0 amide bonds. The molecule has 1 heterocycles. The van der Waals surface area contributed by atoms with Crippen molar-refractivity contribution < 1.29 is 26.6 Å². The molecule has 176 valence electrons. The summed E-state index contributed by atoms with van der Waals surface area (Å²) in [7, 11) is -6.51. The molecule has 0 saturated carbocycles. The Kier molecular flexibility index (Phi) is 8.22. The Bertz CT molecular complexity index is 1100. The van der Waals surface area contributed by atoms with Gasteiger partial charge in [-0.2, -0.15) is 4.57 Å². The van der Waals surface area contributed by atoms with E-state index in [1.54, 1.807) is 18.2 Å². The molecule has 3 aromatic rings. The summed E-state index contributed by atoms with van der Waals surface area (Å²) in [6.45, 7) is 5.63. The highest BCUT2D eigenvalue weighted by Crippen LogP contribution is 2.51. The number of benzene rings is 3. The van der Waals surface area contributed by atoms with E-state index in [2.05, 4.69) is 0 Å². The van der Waals surface area contributed by atoms with E-state index in [1.165, 1.54) is 0 Å². The van der Waals surface area contributed by atoms with E-state index in [1.807, 2.05) is 75.4 Å². The highest BCUT2D eigenvalue weighted by atomic mass is 32.2. The summed E-state index contributed by atoms with van der Waals surface area (Å²) < 4.78 is 51.7. The van der Waals surface area contributed by atoms with Crippen molar-refractivity contribution in [2.45, 2.75) is 33.6 Å². The first-order valence-electron chi connectivity index (χ1n) is 10.7. The highest BCUT2D eigenvalue weighted by Gasteiger charge is 2.34. The Balaban J connectivity index is 0.000000374. The second-order valence-corrected chi connectivity index (χ2v) is 11.6. The Labute approximate surface area is 196 Å². The first-order chi connectivity index (χ1) is 15.7. The minimum Gasteiger partial charge on any atom is -0.386 e. The van der Waals surface area contributed by atoms with E-state index in [0.29, 0.717) is 28.8 Å². The van der Waals surface area contributed by atoms with Crippen molar-refractivity contribution in [3.05, 3.63) is 89.5 Å². The Morgan fingerprint density at radius 3 is 1.15 bits per heavy atom. The van der Waals surface area contributed by atoms with E-state index in [4.69, 9.17) is 13.6 Å². The van der Waals surface area contributed by atoms with Gasteiger partial charge < -0.3 is 13.6 Å². The fourth-order valence-electron chi connectivity index (χ4n) is 3.14. The summed E-state index contributed by atoms with van der Waals surface area (Å²) in [5.41, 5.74) is 2.53. The molecule has 1 saturated heterocycles. The van der Waals surface area contributed by atoms with Crippen molar-refractivity contribution in [2.24, 2.45) is 0 Å². The van der Waals surface area contributed by atoms with Gasteiger partial charge in [-0.05, 0) is 68.5 Å². The Morgan fingerprint density at radius 2 is 0.909 bits per heavy atom. The van der Waals surface area contributed by atoms with Crippen LogP contribution in [0.5, 0.6) is 17.2 Å². The second kappa shape index (κ2) is 10.9. The van der Waals surface area contributed by atoms with Gasteiger partial charge in [0.2, 0.25) is 0 Å². The van der Waals surface area contributed by atoms with E-state index >= 15 is 0 Å². The van der Waals surface area contributed by atoms with Gasteiger partial charge in [0.25, 0.3) is 0 Å². The first kappa shape index (κ1) is 24.9. The zero-order valence-electron chi connectivity index (χ0n) is 19.1. The average molecular weight is 489 g/mol. The highest BCUT2D eigenvalue weighted by molar-refractivity contribution is 7.91. The van der Waals surface area contributed by atoms with E-state index < -0.39 is 17.7 Å². The van der Waals surface area contributed by atoms with Gasteiger partial charge in [-0.25, -0.2) is 8.42 Å². The molecule has 0 N–H and O–H groups in total. The van der Waals surface area contributed by atoms with Gasteiger partial charge in [-0.3, -0.25) is 0 Å². The summed E-state index contributed by atoms with van der Waals surface area (Å²) in [6, 6.07) is 22.0. The maximum absolute atomic E-state index is 13.5. The van der Waals surface area contributed by atoms with Gasteiger partial charge in [-0.15, -0.1) is 0 Å². The van der Waals surface area contributed by atoms with Crippen molar-refractivity contribution in [1.29, 1.82) is 0 Å². The maximum atomic E-state index is 13.5. The topological polar surface area (TPSA) is 78.9 Å². The molecule has 3 aromatic carbocycles. The number of rotatable bonds is 6. The molecule has 6 nitrogen and oxygen atoms in total. The van der Waals surface area contributed by atoms with Crippen LogP contribution in [-0.2, 0) is 14.4 Å². The van der Waals surface area contributed by atoms with Crippen LogP contribution in [0.3, 0.4) is 0 Å². The molecule has 4 rings (SSSR count). The maximum Gasteiger partial charge on any atom is 0.647 e. The van der Waals surface area contributed by atoms with Crippen LogP contribution in [-0.4, -0.2) is 19.9 Å². The molecule has 0 aromatic heterocycles. The minimum absolute atomic E-state index is 0.424. The van der Waals surface area contributed by atoms with Crippen LogP contribution in [0.4, 0.5) is 0 Å². The number of phosphoric ester groups is 1. The molecular formula is C25H29O6PS. The summed E-state index contributed by atoms with van der Waals surface area (Å²) in [5, 5.41) is 0. The summed E-state index contributed by atoms with van der Waals surface area (Å²) in [6.07, 6.45) is 1.75. The third kappa shape index (κ3) is 7.37. The summed E-state index contributed by atoms with van der Waals surface area (Å²) in [5.74, 6) is 2.22. The monoisotopic (exact) mass is 488 g/mol. The molecule has 1 aliphatic heterocycles. The molecule has 0 radical (unpaired) electrons. The van der Waals surface area contributed by atoms with E-state index in [-0.39, 0.29) is 0 Å². The van der Waals surface area contributed by atoms with Gasteiger partial charge >= 0.3 is 7.82 Å². The fourth-order valence-corrected chi connectivity index (χ4v) is 6.08. The Morgan fingerprint density at radius 1 is 0.606 bits per heavy atom. The minimum atomic E-state index is -3.97. The molecule has 1 fully saturated rings. The lowest BCUT2D eigenvalue weighted by Gasteiger charge is -2.21. The lowest BCUT2D eigenvalue weighted by Crippen LogP contribution is -2.09. The first-order valence-corrected chi connectivity index (χ1v) is 14.0. The van der Waals surface area contributed by atoms with Crippen LogP contribution in [0.25, 0.3) is 0 Å². The van der Waals surface area contributed by atoms with Gasteiger partial charge in [0.15, 0.2) is 0 Å². The molecule has 8 heteroatoms. The lowest BCUT2D eigenvalue weighted by atomic mass is 10.2. The van der Waals surface area contributed by atoms with Crippen LogP contribution in [0, 0.1) is 20.8 Å². The van der Waals surface area contributed by atoms with Crippen molar-refractivity contribution in [2.75, 3.05) is 11.5 Å². The number of hydrogen-bond donors (Lipinski definition) is 0. The smallest absolute Gasteiger partial charge is 0.386 e. The van der Waals surface area contributed by atoms with E-state index in [0.717, 1.165) is 29.5 Å². The van der Waals surface area contributed by atoms with Crippen molar-refractivity contribution in [1.82, 2.24) is 0 Å². The largest absolute Gasteiger partial charge is 0.647 e. The standard InChI is InChI=1S/C21H21O4P.C4H8O2S/c1-16-10-4-7-13-19(16)23-26(22,24-20-14-8-5-11-17(20)2)25-21-15-9-6-12-18(21)3;5-7(6)3-1-2-4-7/h4-15H,1-3H3;1-4H2. The third-order valence-electron chi connectivity index (χ3n) is 5.07. The predicted molar refractivity (Wildman–Crippen MR) is 131 cm³/mol. The molecule has 1 aliphatic rings. The lowest BCUT2D eigenvalue weighted by molar-refractivity contribution is 0.296. The number of aryl methyl sites for hydroxylation is 3. The zero-order valence-corrected chi connectivity index (χ0v) is 20.8. The quantitative estimate of drug-likeness (QED) is 0.371. The average Bonchev–Trinajstić information content (AvgIpc) is 3.18. The molecular weight excluding hydrogens is 459 g/mol. The summed E-state index contributed by atoms with van der Waals surface area (Å²) in [4.78, 5) is 0. The van der Waals surface area contributed by atoms with Crippen LogP contribution >= 0.6 is 7.82 Å². The SMILES string of the molecule is Cc1ccccc1OP(=O)(Oc1ccccc1C)Oc1ccccc1C.O=S1(=O)CCCC1. The zero-order chi connectivity index (χ0) is 23.9. The van der Waals surface area contributed by atoms with Crippen molar-refractivity contribution >= 4 is 17.7 Å². The van der Waals surface area contributed by atoms with Crippen molar-refractivity contribution in [3.63, 3.8) is 0 Å². The summed E-state index contributed by atoms with van der Waals surface area (Å²) >= 11 is 0. The van der Waals surface area contributed by atoms with Gasteiger partial charge in [-0.1, -0.05) is 54.6 Å². The Hall–Kier alpha value is -2.76.